The molecule has 0 spiro atoms. The van der Waals surface area contributed by atoms with E-state index in [-0.39, 0.29) is 22.5 Å². The summed E-state index contributed by atoms with van der Waals surface area (Å²) < 4.78 is 0. The molecule has 0 N–H and O–H groups in total. The van der Waals surface area contributed by atoms with Crippen LogP contribution in [0.2, 0.25) is 0 Å². The maximum absolute atomic E-state index is 12.2. The average molecular weight is 337 g/mol. The van der Waals surface area contributed by atoms with Crippen molar-refractivity contribution in [2.45, 2.75) is 17.7 Å². The molecule has 0 radical (unpaired) electrons. The number of benzene rings is 1. The molecule has 0 aliphatic carbocycles. The first-order valence-electron chi connectivity index (χ1n) is 6.42. The van der Waals surface area contributed by atoms with E-state index in [2.05, 4.69) is 15.9 Å². The fourth-order valence-electron chi connectivity index (χ4n) is 2.60. The largest absolute Gasteiger partial charge is 0.311 e. The van der Waals surface area contributed by atoms with Crippen LogP contribution in [0.25, 0.3) is 0 Å². The molecule has 0 bridgehead atoms. The van der Waals surface area contributed by atoms with E-state index < -0.39 is 0 Å². The molecule has 1 fully saturated rings. The Morgan fingerprint density at radius 1 is 1.15 bits per heavy atom. The Morgan fingerprint density at radius 2 is 1.85 bits per heavy atom. The van der Waals surface area contributed by atoms with Crippen LogP contribution in [-0.2, 0) is 4.79 Å². The maximum atomic E-state index is 12.2. The molecule has 0 aromatic heterocycles. The van der Waals surface area contributed by atoms with Gasteiger partial charge in [0.2, 0.25) is 5.91 Å². The van der Waals surface area contributed by atoms with Crippen molar-refractivity contribution in [3.63, 3.8) is 0 Å². The molecule has 1 saturated heterocycles. The molecule has 1 unspecified atom stereocenters. The number of alkyl halides is 1. The zero-order valence-corrected chi connectivity index (χ0v) is 12.5. The summed E-state index contributed by atoms with van der Waals surface area (Å²) >= 11 is 3.36. The number of amides is 3. The van der Waals surface area contributed by atoms with E-state index in [9.17, 15) is 14.4 Å². The molecule has 2 aliphatic heterocycles. The van der Waals surface area contributed by atoms with Crippen molar-refractivity contribution in [3.05, 3.63) is 29.3 Å². The van der Waals surface area contributed by atoms with E-state index in [1.54, 1.807) is 23.1 Å². The Morgan fingerprint density at radius 3 is 2.60 bits per heavy atom. The minimum Gasteiger partial charge on any atom is -0.311 e. The Kier molecular flexibility index (Phi) is 3.12. The highest BCUT2D eigenvalue weighted by atomic mass is 79.9. The molecule has 3 amide bonds. The van der Waals surface area contributed by atoms with Crippen LogP contribution in [0.1, 0.15) is 33.6 Å². The summed E-state index contributed by atoms with van der Waals surface area (Å²) in [5.41, 5.74) is 1.45. The number of hydrogen-bond acceptors (Lipinski definition) is 3. The highest BCUT2D eigenvalue weighted by molar-refractivity contribution is 9.10. The summed E-state index contributed by atoms with van der Waals surface area (Å²) in [6.07, 6.45) is 1.73. The number of rotatable bonds is 1. The summed E-state index contributed by atoms with van der Waals surface area (Å²) in [6.45, 7) is 0.637. The van der Waals surface area contributed by atoms with Crippen LogP contribution >= 0.6 is 15.9 Å². The van der Waals surface area contributed by atoms with Crippen molar-refractivity contribution in [1.82, 2.24) is 4.90 Å². The topological polar surface area (TPSA) is 57.7 Å². The van der Waals surface area contributed by atoms with Gasteiger partial charge in [-0.05, 0) is 31.0 Å². The standard InChI is InChI=1S/C14H13BrN2O3/c1-16-12(18)9-5-4-8(7-10(9)13(16)19)17-6-2-3-11(15)14(17)20/h4-5,7,11H,2-3,6H2,1H3. The van der Waals surface area contributed by atoms with E-state index in [0.29, 0.717) is 23.4 Å². The van der Waals surface area contributed by atoms with E-state index >= 15 is 0 Å². The Balaban J connectivity index is 2.00. The molecule has 0 saturated carbocycles. The van der Waals surface area contributed by atoms with Crippen molar-refractivity contribution in [3.8, 4) is 0 Å². The molecule has 1 aromatic rings. The lowest BCUT2D eigenvalue weighted by atomic mass is 10.1. The van der Waals surface area contributed by atoms with Crippen molar-refractivity contribution >= 4 is 39.3 Å². The lowest BCUT2D eigenvalue weighted by Crippen LogP contribution is -2.41. The van der Waals surface area contributed by atoms with E-state index in [1.807, 2.05) is 0 Å². The molecule has 2 aliphatic rings. The van der Waals surface area contributed by atoms with E-state index in [4.69, 9.17) is 0 Å². The molecule has 6 heteroatoms. The number of imide groups is 1. The second-order valence-corrected chi connectivity index (χ2v) is 6.10. The van der Waals surface area contributed by atoms with Gasteiger partial charge in [0.05, 0.1) is 16.0 Å². The van der Waals surface area contributed by atoms with Gasteiger partial charge in [-0.1, -0.05) is 15.9 Å². The summed E-state index contributed by atoms with van der Waals surface area (Å²) in [5.74, 6) is -0.604. The minimum absolute atomic E-state index is 0.00123. The van der Waals surface area contributed by atoms with Gasteiger partial charge in [-0.3, -0.25) is 19.3 Å². The smallest absolute Gasteiger partial charge is 0.261 e. The van der Waals surface area contributed by atoms with Crippen LogP contribution in [0.3, 0.4) is 0 Å². The monoisotopic (exact) mass is 336 g/mol. The first-order valence-corrected chi connectivity index (χ1v) is 7.34. The third kappa shape index (κ3) is 1.86. The normalized spacial score (nSPS) is 22.5. The van der Waals surface area contributed by atoms with Crippen molar-refractivity contribution in [1.29, 1.82) is 0 Å². The van der Waals surface area contributed by atoms with Crippen LogP contribution < -0.4 is 4.90 Å². The number of carbonyl (C=O) groups excluding carboxylic acids is 3. The van der Waals surface area contributed by atoms with Crippen molar-refractivity contribution in [2.75, 3.05) is 18.5 Å². The lowest BCUT2D eigenvalue weighted by Gasteiger charge is -2.30. The first-order chi connectivity index (χ1) is 9.50. The summed E-state index contributed by atoms with van der Waals surface area (Å²) in [4.78, 5) is 38.5. The van der Waals surface area contributed by atoms with Gasteiger partial charge >= 0.3 is 0 Å². The minimum atomic E-state index is -0.313. The number of halogens is 1. The second-order valence-electron chi connectivity index (χ2n) is 5.00. The van der Waals surface area contributed by atoms with Gasteiger partial charge in [0, 0.05) is 19.3 Å². The number of fused-ring (bicyclic) bond motifs is 1. The summed E-state index contributed by atoms with van der Waals surface area (Å²) in [6, 6.07) is 4.99. The van der Waals surface area contributed by atoms with Gasteiger partial charge in [-0.2, -0.15) is 0 Å². The third-order valence-corrected chi connectivity index (χ3v) is 4.61. The number of anilines is 1. The SMILES string of the molecule is CN1C(=O)c2ccc(N3CCCC(Br)C3=O)cc2C1=O. The Hall–Kier alpha value is -1.69. The van der Waals surface area contributed by atoms with Crippen molar-refractivity contribution < 1.29 is 14.4 Å². The fraction of sp³-hybridized carbons (Fsp3) is 0.357. The average Bonchev–Trinajstić information content (AvgIpc) is 2.67. The first kappa shape index (κ1) is 13.3. The molecule has 1 atom stereocenters. The number of nitrogens with zero attached hydrogens (tertiary/aromatic N) is 2. The molecule has 20 heavy (non-hydrogen) atoms. The highest BCUT2D eigenvalue weighted by Crippen LogP contribution is 2.29. The molecule has 104 valence electrons. The van der Waals surface area contributed by atoms with Gasteiger partial charge in [0.15, 0.2) is 0 Å². The Bertz CT molecular complexity index is 629. The third-order valence-electron chi connectivity index (χ3n) is 3.76. The number of hydrogen-bond donors (Lipinski definition) is 0. The molecule has 5 nitrogen and oxygen atoms in total. The maximum Gasteiger partial charge on any atom is 0.261 e. The molecule has 3 rings (SSSR count). The molecular formula is C14H13BrN2O3. The van der Waals surface area contributed by atoms with Gasteiger partial charge in [-0.25, -0.2) is 0 Å². The van der Waals surface area contributed by atoms with Crippen LogP contribution in [0.15, 0.2) is 18.2 Å². The lowest BCUT2D eigenvalue weighted by molar-refractivity contribution is -0.118. The quantitative estimate of drug-likeness (QED) is 0.580. The molecule has 1 aromatic carbocycles. The molecular weight excluding hydrogens is 324 g/mol. The van der Waals surface area contributed by atoms with Gasteiger partial charge in [0.1, 0.15) is 0 Å². The Labute approximate surface area is 124 Å². The van der Waals surface area contributed by atoms with Gasteiger partial charge in [-0.15, -0.1) is 0 Å². The number of piperidine rings is 1. The van der Waals surface area contributed by atoms with E-state index in [1.165, 1.54) is 7.05 Å². The van der Waals surface area contributed by atoms with Gasteiger partial charge in [0.25, 0.3) is 11.8 Å². The molecule has 2 heterocycles. The zero-order chi connectivity index (χ0) is 14.4. The second kappa shape index (κ2) is 4.70. The van der Waals surface area contributed by atoms with E-state index in [0.717, 1.165) is 17.7 Å². The highest BCUT2D eigenvalue weighted by Gasteiger charge is 2.34. The van der Waals surface area contributed by atoms with Crippen molar-refractivity contribution in [2.24, 2.45) is 0 Å². The predicted molar refractivity (Wildman–Crippen MR) is 77.2 cm³/mol. The van der Waals surface area contributed by atoms with Crippen LogP contribution in [0.4, 0.5) is 5.69 Å². The van der Waals surface area contributed by atoms with Crippen LogP contribution in [-0.4, -0.2) is 41.0 Å². The fourth-order valence-corrected chi connectivity index (χ4v) is 3.18. The summed E-state index contributed by atoms with van der Waals surface area (Å²) in [7, 11) is 1.46. The predicted octanol–water partition coefficient (Wildman–Crippen LogP) is 1.80. The zero-order valence-electron chi connectivity index (χ0n) is 10.9. The number of carbonyl (C=O) groups is 3. The summed E-state index contributed by atoms with van der Waals surface area (Å²) in [5, 5.41) is 0. The van der Waals surface area contributed by atoms with Crippen LogP contribution in [0.5, 0.6) is 0 Å². The van der Waals surface area contributed by atoms with Gasteiger partial charge < -0.3 is 4.90 Å². The van der Waals surface area contributed by atoms with Crippen LogP contribution in [0, 0.1) is 0 Å².